The van der Waals surface area contributed by atoms with Crippen LogP contribution in [0.5, 0.6) is 0 Å². The van der Waals surface area contributed by atoms with Crippen LogP contribution in [0.25, 0.3) is 0 Å². The highest BCUT2D eigenvalue weighted by molar-refractivity contribution is 14.1. The van der Waals surface area contributed by atoms with Gasteiger partial charge in [0.15, 0.2) is 0 Å². The van der Waals surface area contributed by atoms with Crippen molar-refractivity contribution in [2.24, 2.45) is 0 Å². The van der Waals surface area contributed by atoms with E-state index in [0.717, 1.165) is 9.26 Å². The molecule has 0 radical (unpaired) electrons. The number of nitrogens with one attached hydrogen (secondary N) is 1. The van der Waals surface area contributed by atoms with Gasteiger partial charge in [-0.2, -0.15) is 0 Å². The number of hydrogen-bond donors (Lipinski definition) is 1. The molecule has 0 atom stereocenters. The summed E-state index contributed by atoms with van der Waals surface area (Å²) in [4.78, 5) is 10.7. The Balaban J connectivity index is 2.20. The number of hydrogen-bond acceptors (Lipinski definition) is 3. The molecule has 0 unspecified atom stereocenters. The lowest BCUT2D eigenvalue weighted by atomic mass is 10.2. The van der Waals surface area contributed by atoms with Crippen LogP contribution in [0.2, 0.25) is 5.02 Å². The summed E-state index contributed by atoms with van der Waals surface area (Å²) in [6, 6.07) is 10.5. The second-order valence-corrected chi connectivity index (χ2v) is 6.52. The first-order valence-electron chi connectivity index (χ1n) is 5.59. The first kappa shape index (κ1) is 15.5. The lowest BCUT2D eigenvalue weighted by Crippen LogP contribution is -2.04. The van der Waals surface area contributed by atoms with Crippen LogP contribution < -0.4 is 5.32 Å². The number of nitro benzene ring substituents is 1. The van der Waals surface area contributed by atoms with Gasteiger partial charge in [-0.05, 0) is 52.9 Å². The third kappa shape index (κ3) is 3.83. The molecule has 0 heterocycles. The third-order valence-electron chi connectivity index (χ3n) is 2.64. The molecule has 0 fully saturated rings. The zero-order valence-electron chi connectivity index (χ0n) is 10.1. The van der Waals surface area contributed by atoms with Crippen molar-refractivity contribution in [3.05, 3.63) is 65.1 Å². The summed E-state index contributed by atoms with van der Waals surface area (Å²) >= 11 is 11.3. The lowest BCUT2D eigenvalue weighted by molar-refractivity contribution is -0.385. The Bertz CT molecular complexity index is 667. The monoisotopic (exact) mass is 466 g/mol. The van der Waals surface area contributed by atoms with E-state index in [-0.39, 0.29) is 10.6 Å². The Kier molecular flexibility index (Phi) is 5.22. The molecule has 2 rings (SSSR count). The third-order valence-corrected chi connectivity index (χ3v) is 4.27. The van der Waals surface area contributed by atoms with Crippen molar-refractivity contribution in [1.29, 1.82) is 0 Å². The number of anilines is 1. The van der Waals surface area contributed by atoms with Crippen molar-refractivity contribution in [2.75, 3.05) is 5.32 Å². The molecular weight excluding hydrogens is 458 g/mol. The van der Waals surface area contributed by atoms with Gasteiger partial charge in [-0.15, -0.1) is 0 Å². The molecule has 0 saturated heterocycles. The second kappa shape index (κ2) is 6.73. The minimum Gasteiger partial charge on any atom is -0.380 e. The number of halogens is 3. The van der Waals surface area contributed by atoms with Crippen molar-refractivity contribution in [3.63, 3.8) is 0 Å². The molecule has 0 saturated carbocycles. The van der Waals surface area contributed by atoms with Gasteiger partial charge in [0, 0.05) is 36.9 Å². The van der Waals surface area contributed by atoms with E-state index in [0.29, 0.717) is 21.6 Å². The van der Waals surface area contributed by atoms with E-state index in [4.69, 9.17) is 11.6 Å². The van der Waals surface area contributed by atoms with Crippen molar-refractivity contribution in [1.82, 2.24) is 0 Å². The fourth-order valence-corrected chi connectivity index (χ4v) is 3.09. The maximum atomic E-state index is 11.0. The first-order chi connectivity index (χ1) is 9.47. The van der Waals surface area contributed by atoms with Crippen molar-refractivity contribution < 1.29 is 4.92 Å². The molecule has 0 aliphatic rings. The topological polar surface area (TPSA) is 55.2 Å². The highest BCUT2D eigenvalue weighted by atomic mass is 127. The SMILES string of the molecule is O=[N+]([O-])c1cc(Br)ccc1CNc1ccc(Cl)cc1I. The molecule has 0 spiro atoms. The fourth-order valence-electron chi connectivity index (χ4n) is 1.68. The number of nitrogens with zero attached hydrogens (tertiary/aromatic N) is 1. The highest BCUT2D eigenvalue weighted by Crippen LogP contribution is 2.26. The van der Waals surface area contributed by atoms with Gasteiger partial charge in [0.2, 0.25) is 0 Å². The Morgan fingerprint density at radius 1 is 1.30 bits per heavy atom. The van der Waals surface area contributed by atoms with E-state index in [2.05, 4.69) is 43.8 Å². The molecule has 0 aliphatic heterocycles. The normalized spacial score (nSPS) is 10.3. The standard InChI is InChI=1S/C13H9BrClIN2O2/c14-9-2-1-8(13(5-9)18(19)20)7-17-12-4-3-10(15)6-11(12)16/h1-6,17H,7H2. The van der Waals surface area contributed by atoms with Crippen LogP contribution in [0, 0.1) is 13.7 Å². The van der Waals surface area contributed by atoms with Crippen LogP contribution in [-0.2, 0) is 6.54 Å². The van der Waals surface area contributed by atoms with Crippen LogP contribution >= 0.6 is 50.1 Å². The second-order valence-electron chi connectivity index (χ2n) is 4.01. The largest absolute Gasteiger partial charge is 0.380 e. The van der Waals surface area contributed by atoms with Crippen molar-refractivity contribution >= 4 is 61.5 Å². The van der Waals surface area contributed by atoms with Gasteiger partial charge in [-0.1, -0.05) is 27.5 Å². The first-order valence-corrected chi connectivity index (χ1v) is 7.84. The van der Waals surface area contributed by atoms with Gasteiger partial charge in [-0.25, -0.2) is 0 Å². The molecule has 1 N–H and O–H groups in total. The summed E-state index contributed by atoms with van der Waals surface area (Å²) in [6.45, 7) is 0.376. The smallest absolute Gasteiger partial charge is 0.275 e. The summed E-state index contributed by atoms with van der Waals surface area (Å²) in [7, 11) is 0. The molecule has 0 aromatic heterocycles. The molecule has 104 valence electrons. The van der Waals surface area contributed by atoms with Crippen molar-refractivity contribution in [2.45, 2.75) is 6.54 Å². The zero-order valence-corrected chi connectivity index (χ0v) is 14.6. The molecule has 2 aromatic carbocycles. The Labute approximate surface area is 142 Å². The Morgan fingerprint density at radius 2 is 2.05 bits per heavy atom. The summed E-state index contributed by atoms with van der Waals surface area (Å²) in [5.41, 5.74) is 1.62. The predicted molar refractivity (Wildman–Crippen MR) is 92.3 cm³/mol. The molecule has 0 bridgehead atoms. The Hall–Kier alpha value is -0.860. The van der Waals surface area contributed by atoms with Crippen LogP contribution in [0.4, 0.5) is 11.4 Å². The summed E-state index contributed by atoms with van der Waals surface area (Å²) in [6.07, 6.45) is 0. The Morgan fingerprint density at radius 3 is 2.70 bits per heavy atom. The summed E-state index contributed by atoms with van der Waals surface area (Å²) in [5.74, 6) is 0. The molecule has 2 aromatic rings. The van der Waals surface area contributed by atoms with E-state index in [9.17, 15) is 10.1 Å². The molecule has 0 aliphatic carbocycles. The zero-order chi connectivity index (χ0) is 14.7. The number of nitro groups is 1. The van der Waals surface area contributed by atoms with Gasteiger partial charge >= 0.3 is 0 Å². The molecule has 0 amide bonds. The van der Waals surface area contributed by atoms with E-state index in [1.54, 1.807) is 18.2 Å². The molecular formula is C13H9BrClIN2O2. The fraction of sp³-hybridized carbons (Fsp3) is 0.0769. The van der Waals surface area contributed by atoms with Gasteiger partial charge < -0.3 is 5.32 Å². The van der Waals surface area contributed by atoms with Gasteiger partial charge in [0.25, 0.3) is 5.69 Å². The molecule has 20 heavy (non-hydrogen) atoms. The van der Waals surface area contributed by atoms with Crippen LogP contribution in [0.3, 0.4) is 0 Å². The molecule has 7 heteroatoms. The molecule has 4 nitrogen and oxygen atoms in total. The number of benzene rings is 2. The van der Waals surface area contributed by atoms with Crippen molar-refractivity contribution in [3.8, 4) is 0 Å². The van der Waals surface area contributed by atoms with Gasteiger partial charge in [-0.3, -0.25) is 10.1 Å². The van der Waals surface area contributed by atoms with Gasteiger partial charge in [0.05, 0.1) is 4.92 Å². The minimum atomic E-state index is -0.380. The van der Waals surface area contributed by atoms with Crippen LogP contribution in [0.15, 0.2) is 40.9 Å². The van der Waals surface area contributed by atoms with Crippen LogP contribution in [-0.4, -0.2) is 4.92 Å². The number of rotatable bonds is 4. The summed E-state index contributed by atoms with van der Waals surface area (Å²) in [5, 5.41) is 14.9. The maximum absolute atomic E-state index is 11.0. The average Bonchev–Trinajstić information content (AvgIpc) is 2.38. The summed E-state index contributed by atoms with van der Waals surface area (Å²) < 4.78 is 1.66. The maximum Gasteiger partial charge on any atom is 0.275 e. The minimum absolute atomic E-state index is 0.0934. The predicted octanol–water partition coefficient (Wildman–Crippen LogP) is 5.23. The quantitative estimate of drug-likeness (QED) is 0.381. The van der Waals surface area contributed by atoms with E-state index in [1.165, 1.54) is 6.07 Å². The highest BCUT2D eigenvalue weighted by Gasteiger charge is 2.14. The van der Waals surface area contributed by atoms with E-state index in [1.807, 2.05) is 12.1 Å². The van der Waals surface area contributed by atoms with E-state index < -0.39 is 0 Å². The van der Waals surface area contributed by atoms with Gasteiger partial charge in [0.1, 0.15) is 0 Å². The average molecular weight is 467 g/mol. The van der Waals surface area contributed by atoms with E-state index >= 15 is 0 Å². The lowest BCUT2D eigenvalue weighted by Gasteiger charge is -2.09. The van der Waals surface area contributed by atoms with Crippen LogP contribution in [0.1, 0.15) is 5.56 Å².